The van der Waals surface area contributed by atoms with Crippen LogP contribution in [-0.2, 0) is 11.3 Å². The van der Waals surface area contributed by atoms with Crippen LogP contribution < -0.4 is 0 Å². The van der Waals surface area contributed by atoms with Crippen LogP contribution in [0.25, 0.3) is 10.9 Å². The van der Waals surface area contributed by atoms with Crippen molar-refractivity contribution in [2.75, 3.05) is 6.54 Å². The molecule has 1 saturated heterocycles. The summed E-state index contributed by atoms with van der Waals surface area (Å²) < 4.78 is 7.11. The Balaban J connectivity index is 1.57. The van der Waals surface area contributed by atoms with E-state index in [1.54, 1.807) is 6.92 Å². The maximum atomic E-state index is 12.9. The summed E-state index contributed by atoms with van der Waals surface area (Å²) >= 11 is 0. The van der Waals surface area contributed by atoms with Gasteiger partial charge in [-0.1, -0.05) is 23.4 Å². The smallest absolute Gasteiger partial charge is 0.243 e. The first-order chi connectivity index (χ1) is 11.7. The number of aromatic nitrogens is 3. The van der Waals surface area contributed by atoms with Crippen molar-refractivity contribution in [3.05, 3.63) is 48.2 Å². The second kappa shape index (κ2) is 6.11. The normalized spacial score (nSPS) is 18.2. The van der Waals surface area contributed by atoms with E-state index in [0.717, 1.165) is 36.7 Å². The predicted molar refractivity (Wildman–Crippen MR) is 89.3 cm³/mol. The summed E-state index contributed by atoms with van der Waals surface area (Å²) in [6.07, 6.45) is 4.96. The lowest BCUT2D eigenvalue weighted by atomic mass is 10.0. The van der Waals surface area contributed by atoms with Gasteiger partial charge in [-0.3, -0.25) is 4.79 Å². The van der Waals surface area contributed by atoms with Crippen LogP contribution in [0.5, 0.6) is 0 Å². The molecule has 0 aliphatic carbocycles. The first kappa shape index (κ1) is 14.9. The molecule has 4 rings (SSSR count). The van der Waals surface area contributed by atoms with E-state index in [2.05, 4.69) is 16.2 Å². The van der Waals surface area contributed by atoms with Crippen LogP contribution in [0.3, 0.4) is 0 Å². The summed E-state index contributed by atoms with van der Waals surface area (Å²) in [5, 5.41) is 5.18. The molecule has 0 radical (unpaired) electrons. The number of amides is 1. The van der Waals surface area contributed by atoms with Gasteiger partial charge in [0.25, 0.3) is 0 Å². The molecule has 0 bridgehead atoms. The van der Waals surface area contributed by atoms with E-state index in [-0.39, 0.29) is 11.9 Å². The van der Waals surface area contributed by atoms with Crippen molar-refractivity contribution in [2.24, 2.45) is 0 Å². The van der Waals surface area contributed by atoms with Gasteiger partial charge in [0.05, 0.1) is 6.04 Å². The second-order valence-electron chi connectivity index (χ2n) is 6.27. The van der Waals surface area contributed by atoms with Crippen LogP contribution >= 0.6 is 0 Å². The molecule has 0 N–H and O–H groups in total. The molecule has 2 aromatic heterocycles. The molecular weight excluding hydrogens is 304 g/mol. The number of likely N-dealkylation sites (tertiary alicyclic amines) is 1. The predicted octanol–water partition coefficient (Wildman–Crippen LogP) is 3.09. The highest BCUT2D eigenvalue weighted by Crippen LogP contribution is 2.29. The lowest BCUT2D eigenvalue weighted by molar-refractivity contribution is -0.135. The van der Waals surface area contributed by atoms with Crippen molar-refractivity contribution in [1.29, 1.82) is 0 Å². The third kappa shape index (κ3) is 2.68. The summed E-state index contributed by atoms with van der Waals surface area (Å²) in [6, 6.07) is 10.1. The number of nitrogens with zero attached hydrogens (tertiary/aromatic N) is 4. The number of rotatable bonds is 3. The number of aryl methyl sites for hydroxylation is 1. The summed E-state index contributed by atoms with van der Waals surface area (Å²) in [6.45, 7) is 2.86. The van der Waals surface area contributed by atoms with E-state index >= 15 is 0 Å². The van der Waals surface area contributed by atoms with Gasteiger partial charge in [-0.15, -0.1) is 0 Å². The topological polar surface area (TPSA) is 64.2 Å². The lowest BCUT2D eigenvalue weighted by Crippen LogP contribution is -2.40. The van der Waals surface area contributed by atoms with Gasteiger partial charge in [0.2, 0.25) is 11.8 Å². The molecule has 3 heterocycles. The molecule has 1 fully saturated rings. The first-order valence-corrected chi connectivity index (χ1v) is 8.36. The summed E-state index contributed by atoms with van der Waals surface area (Å²) in [4.78, 5) is 19.2. The van der Waals surface area contributed by atoms with E-state index in [1.165, 1.54) is 0 Å². The van der Waals surface area contributed by atoms with E-state index in [0.29, 0.717) is 18.3 Å². The molecule has 124 valence electrons. The Morgan fingerprint density at radius 2 is 2.17 bits per heavy atom. The number of carbonyl (C=O) groups is 1. The van der Waals surface area contributed by atoms with Gasteiger partial charge >= 0.3 is 0 Å². The number of para-hydroxylation sites is 1. The van der Waals surface area contributed by atoms with Crippen LogP contribution in [-0.4, -0.2) is 32.1 Å². The van der Waals surface area contributed by atoms with Gasteiger partial charge in [0.15, 0.2) is 5.82 Å². The third-order valence-corrected chi connectivity index (χ3v) is 4.65. The van der Waals surface area contributed by atoms with Crippen LogP contribution in [0.4, 0.5) is 0 Å². The van der Waals surface area contributed by atoms with Gasteiger partial charge in [-0.05, 0) is 36.8 Å². The van der Waals surface area contributed by atoms with Crippen LogP contribution in [0.1, 0.15) is 37.0 Å². The first-order valence-electron chi connectivity index (χ1n) is 8.36. The van der Waals surface area contributed by atoms with Crippen molar-refractivity contribution in [2.45, 2.75) is 38.8 Å². The fourth-order valence-corrected chi connectivity index (χ4v) is 3.46. The average molecular weight is 324 g/mol. The summed E-state index contributed by atoms with van der Waals surface area (Å²) in [5.74, 6) is 1.26. The maximum Gasteiger partial charge on any atom is 0.243 e. The minimum Gasteiger partial charge on any atom is -0.340 e. The number of hydrogen-bond acceptors (Lipinski definition) is 4. The minimum absolute atomic E-state index is 0.0782. The number of fused-ring (bicyclic) bond motifs is 1. The second-order valence-corrected chi connectivity index (χ2v) is 6.27. The highest BCUT2D eigenvalue weighted by Gasteiger charge is 2.31. The maximum absolute atomic E-state index is 12.9. The quantitative estimate of drug-likeness (QED) is 0.742. The van der Waals surface area contributed by atoms with Gasteiger partial charge in [0, 0.05) is 25.2 Å². The van der Waals surface area contributed by atoms with E-state index in [4.69, 9.17) is 4.52 Å². The molecule has 6 heteroatoms. The van der Waals surface area contributed by atoms with Crippen LogP contribution in [0.15, 0.2) is 41.1 Å². The Morgan fingerprint density at radius 1 is 1.29 bits per heavy atom. The van der Waals surface area contributed by atoms with Crippen LogP contribution in [0, 0.1) is 6.92 Å². The average Bonchev–Trinajstić information content (AvgIpc) is 3.22. The Morgan fingerprint density at radius 3 is 3.00 bits per heavy atom. The van der Waals surface area contributed by atoms with Crippen molar-refractivity contribution in [1.82, 2.24) is 19.6 Å². The number of carbonyl (C=O) groups excluding carboxylic acids is 1. The lowest BCUT2D eigenvalue weighted by Gasteiger charge is -2.34. The van der Waals surface area contributed by atoms with Crippen molar-refractivity contribution in [3.63, 3.8) is 0 Å². The van der Waals surface area contributed by atoms with Crippen molar-refractivity contribution < 1.29 is 9.32 Å². The van der Waals surface area contributed by atoms with Crippen LogP contribution in [0.2, 0.25) is 0 Å². The molecule has 1 aliphatic heterocycles. The third-order valence-electron chi connectivity index (χ3n) is 4.65. The number of benzene rings is 1. The highest BCUT2D eigenvalue weighted by atomic mass is 16.5. The fourth-order valence-electron chi connectivity index (χ4n) is 3.46. The minimum atomic E-state index is -0.0782. The van der Waals surface area contributed by atoms with Gasteiger partial charge in [0.1, 0.15) is 6.54 Å². The number of piperidine rings is 1. The molecule has 6 nitrogen and oxygen atoms in total. The zero-order valence-electron chi connectivity index (χ0n) is 13.7. The Labute approximate surface area is 140 Å². The summed E-state index contributed by atoms with van der Waals surface area (Å²) in [7, 11) is 0. The molecule has 0 spiro atoms. The standard InChI is InChI=1S/C18H20N4O2/c1-13-19-18(20-24-13)16-8-4-5-10-22(16)17(23)12-21-11-9-14-6-2-3-7-15(14)21/h2-3,6-7,9,11,16H,4-5,8,10,12H2,1H3. The molecule has 1 unspecified atom stereocenters. The molecule has 3 aromatic rings. The number of hydrogen-bond donors (Lipinski definition) is 0. The SMILES string of the molecule is Cc1nc(C2CCCCN2C(=O)Cn2ccc3ccccc32)no1. The summed E-state index contributed by atoms with van der Waals surface area (Å²) in [5.41, 5.74) is 1.08. The largest absolute Gasteiger partial charge is 0.340 e. The van der Waals surface area contributed by atoms with Gasteiger partial charge < -0.3 is 14.0 Å². The molecule has 1 aliphatic rings. The zero-order chi connectivity index (χ0) is 16.5. The van der Waals surface area contributed by atoms with E-state index in [1.807, 2.05) is 39.9 Å². The van der Waals surface area contributed by atoms with E-state index in [9.17, 15) is 4.79 Å². The monoisotopic (exact) mass is 324 g/mol. The van der Waals surface area contributed by atoms with Crippen molar-refractivity contribution in [3.8, 4) is 0 Å². The zero-order valence-corrected chi connectivity index (χ0v) is 13.7. The Bertz CT molecular complexity index is 867. The molecule has 24 heavy (non-hydrogen) atoms. The molecule has 1 atom stereocenters. The molecule has 0 saturated carbocycles. The van der Waals surface area contributed by atoms with Crippen molar-refractivity contribution >= 4 is 16.8 Å². The Kier molecular flexibility index (Phi) is 3.80. The fraction of sp³-hybridized carbons (Fsp3) is 0.389. The highest BCUT2D eigenvalue weighted by molar-refractivity contribution is 5.83. The van der Waals surface area contributed by atoms with E-state index < -0.39 is 0 Å². The molecule has 1 amide bonds. The van der Waals surface area contributed by atoms with Gasteiger partial charge in [-0.25, -0.2) is 0 Å². The Hall–Kier alpha value is -2.63. The van der Waals surface area contributed by atoms with Gasteiger partial charge in [-0.2, -0.15) is 4.98 Å². The molecular formula is C18H20N4O2. The molecule has 1 aromatic carbocycles.